The molecule has 0 radical (unpaired) electrons. The van der Waals surface area contributed by atoms with Gasteiger partial charge in [0, 0.05) is 35.8 Å². The van der Waals surface area contributed by atoms with E-state index in [9.17, 15) is 4.79 Å². The molecule has 0 fully saturated rings. The maximum atomic E-state index is 12.6. The van der Waals surface area contributed by atoms with Crippen molar-refractivity contribution >= 4 is 28.4 Å². The molecule has 0 unspecified atom stereocenters. The van der Waals surface area contributed by atoms with Gasteiger partial charge in [-0.05, 0) is 13.0 Å². The molecule has 1 aromatic carbocycles. The van der Waals surface area contributed by atoms with E-state index in [1.807, 2.05) is 31.2 Å². The predicted octanol–water partition coefficient (Wildman–Crippen LogP) is 3.13. The SMILES string of the molecule is Cc1[nH]ncc1CN(C)C(=O)c1[nH]c2ccccc2c1Cl. The van der Waals surface area contributed by atoms with Crippen molar-refractivity contribution in [2.75, 3.05) is 7.05 Å². The van der Waals surface area contributed by atoms with Crippen LogP contribution in [0.15, 0.2) is 30.5 Å². The number of amides is 1. The molecule has 2 heterocycles. The van der Waals surface area contributed by atoms with Crippen LogP contribution in [0.3, 0.4) is 0 Å². The molecule has 0 saturated carbocycles. The van der Waals surface area contributed by atoms with Crippen LogP contribution in [0, 0.1) is 6.92 Å². The average molecular weight is 303 g/mol. The number of aromatic amines is 2. The summed E-state index contributed by atoms with van der Waals surface area (Å²) in [6.07, 6.45) is 1.73. The lowest BCUT2D eigenvalue weighted by molar-refractivity contribution is 0.0780. The van der Waals surface area contributed by atoms with Crippen LogP contribution < -0.4 is 0 Å². The van der Waals surface area contributed by atoms with Crippen LogP contribution in [0.5, 0.6) is 0 Å². The maximum absolute atomic E-state index is 12.6. The van der Waals surface area contributed by atoms with Crippen molar-refractivity contribution in [1.29, 1.82) is 0 Å². The van der Waals surface area contributed by atoms with Crippen molar-refractivity contribution in [3.8, 4) is 0 Å². The highest BCUT2D eigenvalue weighted by Gasteiger charge is 2.20. The lowest BCUT2D eigenvalue weighted by atomic mass is 10.2. The predicted molar refractivity (Wildman–Crippen MR) is 82.4 cm³/mol. The molecule has 0 saturated heterocycles. The van der Waals surface area contributed by atoms with Gasteiger partial charge in [-0.2, -0.15) is 5.10 Å². The Morgan fingerprint density at radius 1 is 1.38 bits per heavy atom. The largest absolute Gasteiger partial charge is 0.349 e. The first-order valence-corrected chi connectivity index (χ1v) is 6.96. The highest BCUT2D eigenvalue weighted by atomic mass is 35.5. The second kappa shape index (κ2) is 5.26. The molecule has 5 nitrogen and oxygen atoms in total. The van der Waals surface area contributed by atoms with Crippen LogP contribution in [-0.2, 0) is 6.54 Å². The van der Waals surface area contributed by atoms with Gasteiger partial charge >= 0.3 is 0 Å². The Kier molecular flexibility index (Phi) is 3.43. The summed E-state index contributed by atoms with van der Waals surface area (Å²) in [5, 5.41) is 8.15. The van der Waals surface area contributed by atoms with Gasteiger partial charge in [-0.3, -0.25) is 9.89 Å². The number of carbonyl (C=O) groups is 1. The molecular formula is C15H15ClN4O. The molecule has 6 heteroatoms. The van der Waals surface area contributed by atoms with E-state index in [4.69, 9.17) is 11.6 Å². The van der Waals surface area contributed by atoms with Crippen molar-refractivity contribution in [2.45, 2.75) is 13.5 Å². The number of aryl methyl sites for hydroxylation is 1. The van der Waals surface area contributed by atoms with E-state index in [-0.39, 0.29) is 5.91 Å². The molecule has 0 aliphatic carbocycles. The number of fused-ring (bicyclic) bond motifs is 1. The zero-order valence-electron chi connectivity index (χ0n) is 11.8. The second-order valence-corrected chi connectivity index (χ2v) is 5.42. The summed E-state index contributed by atoms with van der Waals surface area (Å²) in [6, 6.07) is 7.60. The number of rotatable bonds is 3. The molecule has 3 aromatic rings. The first-order chi connectivity index (χ1) is 10.1. The van der Waals surface area contributed by atoms with E-state index in [1.165, 1.54) is 0 Å². The van der Waals surface area contributed by atoms with E-state index in [1.54, 1.807) is 18.1 Å². The molecule has 1 amide bonds. The topological polar surface area (TPSA) is 64.8 Å². The van der Waals surface area contributed by atoms with Crippen molar-refractivity contribution in [2.24, 2.45) is 0 Å². The number of hydrogen-bond acceptors (Lipinski definition) is 2. The van der Waals surface area contributed by atoms with Gasteiger partial charge in [0.2, 0.25) is 0 Å². The summed E-state index contributed by atoms with van der Waals surface area (Å²) in [6.45, 7) is 2.41. The van der Waals surface area contributed by atoms with Gasteiger partial charge in [0.25, 0.3) is 5.91 Å². The second-order valence-electron chi connectivity index (χ2n) is 5.04. The van der Waals surface area contributed by atoms with E-state index in [2.05, 4.69) is 15.2 Å². The Morgan fingerprint density at radius 3 is 2.81 bits per heavy atom. The van der Waals surface area contributed by atoms with Crippen molar-refractivity contribution in [1.82, 2.24) is 20.1 Å². The minimum atomic E-state index is -0.142. The minimum Gasteiger partial charge on any atom is -0.349 e. The van der Waals surface area contributed by atoms with Crippen molar-refractivity contribution < 1.29 is 4.79 Å². The zero-order chi connectivity index (χ0) is 15.0. The maximum Gasteiger partial charge on any atom is 0.271 e. The van der Waals surface area contributed by atoms with Crippen molar-refractivity contribution in [3.63, 3.8) is 0 Å². The van der Waals surface area contributed by atoms with Crippen LogP contribution in [-0.4, -0.2) is 33.0 Å². The molecule has 0 atom stereocenters. The monoisotopic (exact) mass is 302 g/mol. The molecule has 0 aliphatic heterocycles. The van der Waals surface area contributed by atoms with E-state index < -0.39 is 0 Å². The van der Waals surface area contributed by atoms with Gasteiger partial charge in [-0.15, -0.1) is 0 Å². The normalized spacial score (nSPS) is 11.0. The number of nitrogens with one attached hydrogen (secondary N) is 2. The molecule has 0 bridgehead atoms. The summed E-state index contributed by atoms with van der Waals surface area (Å²) in [7, 11) is 1.75. The summed E-state index contributed by atoms with van der Waals surface area (Å²) in [5.41, 5.74) is 3.22. The summed E-state index contributed by atoms with van der Waals surface area (Å²) >= 11 is 6.31. The van der Waals surface area contributed by atoms with Gasteiger partial charge in [0.1, 0.15) is 5.69 Å². The molecule has 21 heavy (non-hydrogen) atoms. The van der Waals surface area contributed by atoms with E-state index in [0.717, 1.165) is 22.2 Å². The number of nitrogens with zero attached hydrogens (tertiary/aromatic N) is 2. The van der Waals surface area contributed by atoms with Crippen LogP contribution in [0.1, 0.15) is 21.7 Å². The minimum absolute atomic E-state index is 0.142. The molecule has 2 aromatic heterocycles. The average Bonchev–Trinajstić information content (AvgIpc) is 3.03. The van der Waals surface area contributed by atoms with Crippen LogP contribution in [0.4, 0.5) is 0 Å². The van der Waals surface area contributed by atoms with Gasteiger partial charge in [0.15, 0.2) is 0 Å². The quantitative estimate of drug-likeness (QED) is 0.780. The Morgan fingerprint density at radius 2 is 2.14 bits per heavy atom. The lowest BCUT2D eigenvalue weighted by Gasteiger charge is -2.16. The number of benzene rings is 1. The Balaban J connectivity index is 1.89. The Hall–Kier alpha value is -2.27. The first-order valence-electron chi connectivity index (χ1n) is 6.58. The third kappa shape index (κ3) is 2.40. The van der Waals surface area contributed by atoms with Crippen LogP contribution >= 0.6 is 11.6 Å². The summed E-state index contributed by atoms with van der Waals surface area (Å²) in [4.78, 5) is 17.3. The zero-order valence-corrected chi connectivity index (χ0v) is 12.5. The fourth-order valence-corrected chi connectivity index (χ4v) is 2.60. The molecular weight excluding hydrogens is 288 g/mol. The number of hydrogen-bond donors (Lipinski definition) is 2. The summed E-state index contributed by atoms with van der Waals surface area (Å²) < 4.78 is 0. The molecule has 108 valence electrons. The van der Waals surface area contributed by atoms with Crippen molar-refractivity contribution in [3.05, 3.63) is 52.4 Å². The fourth-order valence-electron chi connectivity index (χ4n) is 2.31. The molecule has 2 N–H and O–H groups in total. The van der Waals surface area contributed by atoms with Gasteiger partial charge in [-0.1, -0.05) is 29.8 Å². The van der Waals surface area contributed by atoms with Gasteiger partial charge < -0.3 is 9.88 Å². The number of aromatic nitrogens is 3. The van der Waals surface area contributed by atoms with Crippen LogP contribution in [0.2, 0.25) is 5.02 Å². The molecule has 3 rings (SSSR count). The summed E-state index contributed by atoms with van der Waals surface area (Å²) in [5.74, 6) is -0.142. The lowest BCUT2D eigenvalue weighted by Crippen LogP contribution is -2.26. The van der Waals surface area contributed by atoms with Gasteiger partial charge in [0.05, 0.1) is 11.2 Å². The third-order valence-electron chi connectivity index (χ3n) is 3.55. The van der Waals surface area contributed by atoms with E-state index in [0.29, 0.717) is 17.3 Å². The smallest absolute Gasteiger partial charge is 0.271 e. The Bertz CT molecular complexity index is 805. The molecule has 0 spiro atoms. The standard InChI is InChI=1S/C15H15ClN4O/c1-9-10(7-17-19-9)8-20(2)15(21)14-13(16)11-5-3-4-6-12(11)18-14/h3-7,18H,8H2,1-2H3,(H,17,19). The highest BCUT2D eigenvalue weighted by Crippen LogP contribution is 2.28. The van der Waals surface area contributed by atoms with E-state index >= 15 is 0 Å². The highest BCUT2D eigenvalue weighted by molar-refractivity contribution is 6.38. The van der Waals surface area contributed by atoms with Crippen LogP contribution in [0.25, 0.3) is 10.9 Å². The fraction of sp³-hybridized carbons (Fsp3) is 0.200. The number of para-hydroxylation sites is 1. The number of halogens is 1. The third-order valence-corrected chi connectivity index (χ3v) is 3.94. The first kappa shape index (κ1) is 13.7. The number of H-pyrrole nitrogens is 2. The van der Waals surface area contributed by atoms with Gasteiger partial charge in [-0.25, -0.2) is 0 Å². The number of carbonyl (C=O) groups excluding carboxylic acids is 1. The Labute approximate surface area is 126 Å². The molecule has 0 aliphatic rings.